The molecule has 0 atom stereocenters. The lowest BCUT2D eigenvalue weighted by Gasteiger charge is -2.31. The highest BCUT2D eigenvalue weighted by molar-refractivity contribution is 5.73. The highest BCUT2D eigenvalue weighted by Crippen LogP contribution is 2.34. The van der Waals surface area contributed by atoms with Crippen molar-refractivity contribution in [2.45, 2.75) is 19.4 Å². The number of hydrogen-bond donors (Lipinski definition) is 1. The van der Waals surface area contributed by atoms with Crippen molar-refractivity contribution in [3.8, 4) is 0 Å². The molecule has 2 rings (SSSR count). The van der Waals surface area contributed by atoms with Crippen LogP contribution in [-0.4, -0.2) is 17.7 Å². The van der Waals surface area contributed by atoms with Gasteiger partial charge in [0.1, 0.15) is 6.61 Å². The first kappa shape index (κ1) is 11.1. The van der Waals surface area contributed by atoms with E-state index < -0.39 is 0 Å². The molecule has 1 fully saturated rings. The molecule has 0 amide bonds. The van der Waals surface area contributed by atoms with E-state index >= 15 is 0 Å². The Morgan fingerprint density at radius 2 is 2.00 bits per heavy atom. The van der Waals surface area contributed by atoms with Crippen molar-refractivity contribution in [1.82, 2.24) is 0 Å². The number of aliphatic hydroxyl groups excluding tert-OH is 1. The monoisotopic (exact) mass is 220 g/mol. The lowest BCUT2D eigenvalue weighted by molar-refractivity contribution is -0.155. The average molecular weight is 220 g/mol. The maximum Gasteiger partial charge on any atom is 0.309 e. The van der Waals surface area contributed by atoms with Gasteiger partial charge in [-0.3, -0.25) is 4.79 Å². The summed E-state index contributed by atoms with van der Waals surface area (Å²) in [6.07, 6.45) is 1.54. The van der Waals surface area contributed by atoms with Gasteiger partial charge in [0.15, 0.2) is 0 Å². The molecule has 1 aromatic rings. The molecule has 3 nitrogen and oxygen atoms in total. The van der Waals surface area contributed by atoms with Crippen molar-refractivity contribution in [2.75, 3.05) is 6.61 Å². The largest absolute Gasteiger partial charge is 0.461 e. The van der Waals surface area contributed by atoms with E-state index in [1.54, 1.807) is 0 Å². The smallest absolute Gasteiger partial charge is 0.309 e. The molecule has 86 valence electrons. The standard InChI is InChI=1S/C13H16O3/c14-8-11-6-12(7-11)13(15)16-9-10-4-2-1-3-5-10/h1-5,11-12,14H,6-9H2/t11-,12+. The van der Waals surface area contributed by atoms with Gasteiger partial charge >= 0.3 is 5.97 Å². The maximum absolute atomic E-state index is 11.6. The second kappa shape index (κ2) is 5.12. The lowest BCUT2D eigenvalue weighted by atomic mass is 9.75. The molecule has 0 aromatic heterocycles. The number of carbonyl (C=O) groups excluding carboxylic acids is 1. The molecule has 0 unspecified atom stereocenters. The molecule has 3 heteroatoms. The summed E-state index contributed by atoms with van der Waals surface area (Å²) in [5, 5.41) is 8.84. The van der Waals surface area contributed by atoms with Gasteiger partial charge in [-0.15, -0.1) is 0 Å². The minimum absolute atomic E-state index is 0.000798. The van der Waals surface area contributed by atoms with Crippen LogP contribution in [0.5, 0.6) is 0 Å². The second-order valence-corrected chi connectivity index (χ2v) is 4.31. The summed E-state index contributed by atoms with van der Waals surface area (Å²) in [6, 6.07) is 9.65. The van der Waals surface area contributed by atoms with Crippen molar-refractivity contribution >= 4 is 5.97 Å². The molecule has 1 aliphatic rings. The Kier molecular flexibility index (Phi) is 3.57. The van der Waals surface area contributed by atoms with Crippen molar-refractivity contribution in [2.24, 2.45) is 11.8 Å². The molecule has 0 heterocycles. The zero-order valence-electron chi connectivity index (χ0n) is 9.13. The van der Waals surface area contributed by atoms with Crippen molar-refractivity contribution in [3.05, 3.63) is 35.9 Å². The predicted octanol–water partition coefficient (Wildman–Crippen LogP) is 1.75. The molecule has 0 saturated heterocycles. The molecule has 1 saturated carbocycles. The molecular weight excluding hydrogens is 204 g/mol. The van der Waals surface area contributed by atoms with E-state index in [0.29, 0.717) is 12.5 Å². The summed E-state index contributed by atoms with van der Waals surface area (Å²) < 4.78 is 5.20. The van der Waals surface area contributed by atoms with E-state index in [4.69, 9.17) is 9.84 Å². The van der Waals surface area contributed by atoms with E-state index in [1.165, 1.54) is 0 Å². The Balaban J connectivity index is 1.73. The first-order valence-electron chi connectivity index (χ1n) is 5.61. The van der Waals surface area contributed by atoms with E-state index in [0.717, 1.165) is 18.4 Å². The molecule has 16 heavy (non-hydrogen) atoms. The first-order valence-corrected chi connectivity index (χ1v) is 5.61. The summed E-state index contributed by atoms with van der Waals surface area (Å²) in [6.45, 7) is 0.530. The zero-order chi connectivity index (χ0) is 11.4. The molecular formula is C13H16O3. The molecule has 1 aromatic carbocycles. The molecule has 0 spiro atoms. The summed E-state index contributed by atoms with van der Waals surface area (Å²) in [5.74, 6) is 0.170. The van der Waals surface area contributed by atoms with Crippen LogP contribution in [0.15, 0.2) is 30.3 Å². The SMILES string of the molecule is O=C(OCc1ccccc1)[C@H]1C[C@@H](CO)C1. The fourth-order valence-electron chi connectivity index (χ4n) is 1.92. The van der Waals surface area contributed by atoms with Crippen LogP contribution in [0.1, 0.15) is 18.4 Å². The average Bonchev–Trinajstić information content (AvgIpc) is 2.26. The Hall–Kier alpha value is -1.35. The Morgan fingerprint density at radius 3 is 2.62 bits per heavy atom. The number of benzene rings is 1. The van der Waals surface area contributed by atoms with Gasteiger partial charge < -0.3 is 9.84 Å². The number of esters is 1. The predicted molar refractivity (Wildman–Crippen MR) is 59.5 cm³/mol. The van der Waals surface area contributed by atoms with Crippen molar-refractivity contribution < 1.29 is 14.6 Å². The Labute approximate surface area is 95.0 Å². The molecule has 0 radical (unpaired) electrons. The van der Waals surface area contributed by atoms with E-state index in [1.807, 2.05) is 30.3 Å². The van der Waals surface area contributed by atoms with Crippen LogP contribution >= 0.6 is 0 Å². The minimum atomic E-state index is -0.131. The summed E-state index contributed by atoms with van der Waals surface area (Å²) in [4.78, 5) is 11.6. The topological polar surface area (TPSA) is 46.5 Å². The fraction of sp³-hybridized carbons (Fsp3) is 0.462. The van der Waals surface area contributed by atoms with Crippen LogP contribution < -0.4 is 0 Å². The van der Waals surface area contributed by atoms with Crippen LogP contribution in [0.25, 0.3) is 0 Å². The number of hydrogen-bond acceptors (Lipinski definition) is 3. The second-order valence-electron chi connectivity index (χ2n) is 4.31. The number of rotatable bonds is 4. The zero-order valence-corrected chi connectivity index (χ0v) is 9.13. The number of carbonyl (C=O) groups is 1. The van der Waals surface area contributed by atoms with Crippen LogP contribution in [0.4, 0.5) is 0 Å². The quantitative estimate of drug-likeness (QED) is 0.786. The molecule has 0 aliphatic heterocycles. The molecule has 1 N–H and O–H groups in total. The van der Waals surface area contributed by atoms with Crippen molar-refractivity contribution in [3.63, 3.8) is 0 Å². The van der Waals surface area contributed by atoms with Crippen molar-refractivity contribution in [1.29, 1.82) is 0 Å². The van der Waals surface area contributed by atoms with Gasteiger partial charge in [-0.1, -0.05) is 30.3 Å². The highest BCUT2D eigenvalue weighted by Gasteiger charge is 2.34. The highest BCUT2D eigenvalue weighted by atomic mass is 16.5. The number of aliphatic hydroxyl groups is 1. The Morgan fingerprint density at radius 1 is 1.31 bits per heavy atom. The number of ether oxygens (including phenoxy) is 1. The van der Waals surface area contributed by atoms with Crippen LogP contribution in [0.3, 0.4) is 0 Å². The lowest BCUT2D eigenvalue weighted by Crippen LogP contribution is -2.33. The van der Waals surface area contributed by atoms with E-state index in [9.17, 15) is 4.79 Å². The third kappa shape index (κ3) is 2.61. The third-order valence-electron chi connectivity index (χ3n) is 3.05. The summed E-state index contributed by atoms with van der Waals surface area (Å²) in [5.41, 5.74) is 1.01. The summed E-state index contributed by atoms with van der Waals surface area (Å²) >= 11 is 0. The van der Waals surface area contributed by atoms with E-state index in [-0.39, 0.29) is 18.5 Å². The van der Waals surface area contributed by atoms with E-state index in [2.05, 4.69) is 0 Å². The minimum Gasteiger partial charge on any atom is -0.461 e. The normalized spacial score (nSPS) is 23.6. The van der Waals surface area contributed by atoms with Crippen LogP contribution in [0.2, 0.25) is 0 Å². The molecule has 0 bridgehead atoms. The van der Waals surface area contributed by atoms with Gasteiger partial charge in [-0.2, -0.15) is 0 Å². The van der Waals surface area contributed by atoms with Gasteiger partial charge in [0.25, 0.3) is 0 Å². The van der Waals surface area contributed by atoms with Crippen LogP contribution in [0, 0.1) is 11.8 Å². The summed E-state index contributed by atoms with van der Waals surface area (Å²) in [7, 11) is 0. The third-order valence-corrected chi connectivity index (χ3v) is 3.05. The van der Waals surface area contributed by atoms with Gasteiger partial charge in [0.05, 0.1) is 5.92 Å². The van der Waals surface area contributed by atoms with Gasteiger partial charge in [0.2, 0.25) is 0 Å². The van der Waals surface area contributed by atoms with Gasteiger partial charge in [-0.25, -0.2) is 0 Å². The first-order chi connectivity index (χ1) is 7.79. The van der Waals surface area contributed by atoms with Crippen LogP contribution in [-0.2, 0) is 16.1 Å². The van der Waals surface area contributed by atoms with Gasteiger partial charge in [0, 0.05) is 6.61 Å². The van der Waals surface area contributed by atoms with Gasteiger partial charge in [-0.05, 0) is 24.3 Å². The fourth-order valence-corrected chi connectivity index (χ4v) is 1.92. The maximum atomic E-state index is 11.6. The Bertz CT molecular complexity index is 341. The molecule has 1 aliphatic carbocycles.